The molecule has 71 heavy (non-hydrogen) atoms. The molecular formula is C66H60N4O. The second kappa shape index (κ2) is 16.9. The Morgan fingerprint density at radius 2 is 1.17 bits per heavy atom. The molecule has 0 saturated heterocycles. The number of benzene rings is 8. The average Bonchev–Trinajstić information content (AvgIpc) is 3.61. The number of nitrogens with zero attached hydrogens (tertiary/aromatic N) is 4. The minimum Gasteiger partial charge on any atom is -0.457 e. The van der Waals surface area contributed by atoms with E-state index in [0.717, 1.165) is 76.5 Å². The lowest BCUT2D eigenvalue weighted by atomic mass is 9.78. The molecule has 11 aromatic rings. The van der Waals surface area contributed by atoms with E-state index in [4.69, 9.17) is 24.8 Å². The Hall–Kier alpha value is -7.89. The number of rotatable bonds is 7. The van der Waals surface area contributed by atoms with Crippen LogP contribution in [-0.4, -0.2) is 14.1 Å². The second-order valence-electron chi connectivity index (χ2n) is 20.1. The number of hydrogen-bond acceptors (Lipinski definition) is 3. The number of ether oxygens (including phenoxy) is 1. The maximum atomic E-state index is 8.90. The highest BCUT2D eigenvalue weighted by Crippen LogP contribution is 2.46. The largest absolute Gasteiger partial charge is 0.457 e. The van der Waals surface area contributed by atoms with Crippen LogP contribution in [0.2, 0.25) is 0 Å². The minimum absolute atomic E-state index is 0.259. The van der Waals surface area contributed by atoms with E-state index in [0.29, 0.717) is 39.6 Å². The van der Waals surface area contributed by atoms with Crippen LogP contribution in [0.5, 0.6) is 11.5 Å². The molecule has 0 spiro atoms. The molecule has 0 amide bonds. The molecule has 0 N–H and O–H groups in total. The monoisotopic (exact) mass is 936 g/mol. The summed E-state index contributed by atoms with van der Waals surface area (Å²) in [6.45, 7) is -0.568. The number of pyridine rings is 1. The topological polar surface area (TPSA) is 35.2 Å². The Labute approximate surface area is 432 Å². The number of para-hydroxylation sites is 3. The van der Waals surface area contributed by atoms with Gasteiger partial charge in [-0.3, -0.25) is 4.57 Å². The van der Waals surface area contributed by atoms with E-state index in [-0.39, 0.29) is 18.2 Å². The molecule has 0 unspecified atom stereocenters. The molecule has 350 valence electrons. The van der Waals surface area contributed by atoms with Crippen molar-refractivity contribution in [2.75, 3.05) is 4.90 Å². The van der Waals surface area contributed by atoms with Crippen molar-refractivity contribution in [2.45, 2.75) is 79.0 Å². The van der Waals surface area contributed by atoms with Crippen molar-refractivity contribution in [3.05, 3.63) is 205 Å². The normalized spacial score (nSPS) is 15.9. The SMILES string of the molecule is [2H]C([2H])(c1ccnc(-n2c3ccccc3c3ccc(Oc4cccc(N5Cn6c7c(-c8cc(C(C)(C)C)cc(C(C([2H])([2H])[2H])(C([2H])([2H])[2H])C([2H])([2H])[2H])c8)cccc7c7ccccc7c7ccccc7c7cccc5c76)c4)cc32)c1)C(C)C. The molecule has 0 fully saturated rings. The van der Waals surface area contributed by atoms with Crippen LogP contribution in [-0.2, 0) is 23.9 Å². The number of anilines is 2. The molecule has 5 heteroatoms. The first kappa shape index (κ1) is 33.6. The Bertz CT molecular complexity index is 4410. The van der Waals surface area contributed by atoms with E-state index in [1.165, 1.54) is 12.1 Å². The Kier molecular flexibility index (Phi) is 8.01. The molecule has 0 atom stereocenters. The fourth-order valence-electron chi connectivity index (χ4n) is 10.6. The van der Waals surface area contributed by atoms with Crippen LogP contribution >= 0.6 is 0 Å². The smallest absolute Gasteiger partial charge is 0.137 e. The van der Waals surface area contributed by atoms with Gasteiger partial charge in [-0.15, -0.1) is 0 Å². The van der Waals surface area contributed by atoms with Gasteiger partial charge in [-0.1, -0.05) is 177 Å². The summed E-state index contributed by atoms with van der Waals surface area (Å²) in [6, 6.07) is 59.4. The quantitative estimate of drug-likeness (QED) is 0.160. The highest BCUT2D eigenvalue weighted by Gasteiger charge is 2.27. The number of aromatic nitrogens is 3. The zero-order chi connectivity index (χ0) is 58.1. The molecule has 12 rings (SSSR count). The van der Waals surface area contributed by atoms with Crippen LogP contribution in [0.3, 0.4) is 0 Å². The third-order valence-corrected chi connectivity index (χ3v) is 13.9. The van der Waals surface area contributed by atoms with Crippen LogP contribution in [0.1, 0.15) is 86.9 Å². The minimum atomic E-state index is -3.48. The molecule has 5 nitrogen and oxygen atoms in total. The molecule has 8 aromatic carbocycles. The van der Waals surface area contributed by atoms with E-state index in [1.54, 1.807) is 12.3 Å². The molecule has 0 aliphatic carbocycles. The van der Waals surface area contributed by atoms with Crippen molar-refractivity contribution < 1.29 is 19.8 Å². The average molecular weight is 936 g/mol. The Balaban J connectivity index is 1.07. The van der Waals surface area contributed by atoms with Gasteiger partial charge >= 0.3 is 0 Å². The standard InChI is InChI=1S/C66H60N4O/c1-42(2)34-43-32-33-67-62(35-43)70-59-28-14-13-24-55(59)56-31-30-49(40-61(56)70)71-48-19-15-18-47(39-48)68-41-69-63-50(44-36-45(65(3,4)5)38-46(37-44)66(6,7)8)25-16-26-57(63)53-22-11-9-20-51(53)52-21-10-12-23-54(52)58-27-17-29-60(68)64(58)69/h9-33,35-40,42H,34,41H2,1-8H3/i3D3,4D3,5D3,34D2. The summed E-state index contributed by atoms with van der Waals surface area (Å²) in [5.74, 6) is 1.50. The Morgan fingerprint density at radius 3 is 1.87 bits per heavy atom. The summed E-state index contributed by atoms with van der Waals surface area (Å²) < 4.78 is 108. The maximum Gasteiger partial charge on any atom is 0.137 e. The maximum absolute atomic E-state index is 8.90. The fourth-order valence-corrected chi connectivity index (χ4v) is 10.6. The van der Waals surface area contributed by atoms with E-state index in [2.05, 4.69) is 68.6 Å². The highest BCUT2D eigenvalue weighted by molar-refractivity contribution is 6.22. The van der Waals surface area contributed by atoms with Gasteiger partial charge in [0.05, 0.1) is 27.8 Å². The van der Waals surface area contributed by atoms with Crippen LogP contribution in [0.15, 0.2) is 188 Å². The van der Waals surface area contributed by atoms with Gasteiger partial charge in [0.15, 0.2) is 0 Å². The zero-order valence-electron chi connectivity index (χ0n) is 51.4. The molecule has 0 bridgehead atoms. The van der Waals surface area contributed by atoms with E-state index < -0.39 is 37.8 Å². The molecule has 3 aromatic heterocycles. The van der Waals surface area contributed by atoms with E-state index in [1.807, 2.05) is 144 Å². The van der Waals surface area contributed by atoms with Crippen molar-refractivity contribution in [2.24, 2.45) is 5.92 Å². The first-order chi connectivity index (χ1) is 38.8. The van der Waals surface area contributed by atoms with Gasteiger partial charge in [0.2, 0.25) is 0 Å². The van der Waals surface area contributed by atoms with Crippen LogP contribution in [0.4, 0.5) is 11.4 Å². The first-order valence-electron chi connectivity index (χ1n) is 29.7. The lowest BCUT2D eigenvalue weighted by molar-refractivity contribution is 0.483. The van der Waals surface area contributed by atoms with E-state index >= 15 is 0 Å². The van der Waals surface area contributed by atoms with Gasteiger partial charge in [0, 0.05) is 66.2 Å². The molecule has 4 heterocycles. The summed E-state index contributed by atoms with van der Waals surface area (Å²) in [6.07, 6.45) is 0.0884. The Morgan fingerprint density at radius 1 is 0.563 bits per heavy atom. The zero-order valence-corrected chi connectivity index (χ0v) is 40.4. The third-order valence-electron chi connectivity index (χ3n) is 13.9. The van der Waals surface area contributed by atoms with Gasteiger partial charge in [-0.2, -0.15) is 0 Å². The lowest BCUT2D eigenvalue weighted by Gasteiger charge is -2.27. The lowest BCUT2D eigenvalue weighted by Crippen LogP contribution is -2.17. The predicted octanol–water partition coefficient (Wildman–Crippen LogP) is 18.1. The van der Waals surface area contributed by atoms with Gasteiger partial charge in [0.1, 0.15) is 24.0 Å². The van der Waals surface area contributed by atoms with Crippen LogP contribution < -0.4 is 9.64 Å². The molecular weight excluding hydrogens is 865 g/mol. The summed E-state index contributed by atoms with van der Waals surface area (Å²) in [5.41, 5.74) is 3.17. The van der Waals surface area contributed by atoms with Crippen molar-refractivity contribution in [1.29, 1.82) is 0 Å². The van der Waals surface area contributed by atoms with E-state index in [9.17, 15) is 0 Å². The van der Waals surface area contributed by atoms with Gasteiger partial charge < -0.3 is 14.2 Å². The highest BCUT2D eigenvalue weighted by atomic mass is 16.5. The summed E-state index contributed by atoms with van der Waals surface area (Å²) in [7, 11) is 0. The molecule has 0 saturated carbocycles. The van der Waals surface area contributed by atoms with Crippen molar-refractivity contribution in [3.8, 4) is 28.4 Å². The third kappa shape index (κ3) is 7.76. The summed E-state index contributed by atoms with van der Waals surface area (Å²) in [5, 5.41) is 7.77. The summed E-state index contributed by atoms with van der Waals surface area (Å²) >= 11 is 0. The van der Waals surface area contributed by atoms with Crippen molar-refractivity contribution in [1.82, 2.24) is 14.1 Å². The number of fused-ring (bicyclic) bond motifs is 10. The summed E-state index contributed by atoms with van der Waals surface area (Å²) in [4.78, 5) is 7.02. The predicted molar refractivity (Wildman–Crippen MR) is 301 cm³/mol. The second-order valence-corrected chi connectivity index (χ2v) is 20.1. The molecule has 0 radical (unpaired) electrons. The van der Waals surface area contributed by atoms with Crippen LogP contribution in [0, 0.1) is 5.92 Å². The molecule has 1 aliphatic rings. The first-order valence-corrected chi connectivity index (χ1v) is 24.2. The fraction of sp³-hybridized carbons (Fsp3) is 0.197. The van der Waals surface area contributed by atoms with Crippen LogP contribution in [0.25, 0.3) is 82.1 Å². The van der Waals surface area contributed by atoms with Gasteiger partial charge in [0.25, 0.3) is 0 Å². The van der Waals surface area contributed by atoms with Crippen molar-refractivity contribution in [3.63, 3.8) is 0 Å². The molecule has 1 aliphatic heterocycles. The van der Waals surface area contributed by atoms with Gasteiger partial charge in [-0.25, -0.2) is 4.98 Å². The van der Waals surface area contributed by atoms with Gasteiger partial charge in [-0.05, 0) is 115 Å². The number of hydrogen-bond donors (Lipinski definition) is 0. The van der Waals surface area contributed by atoms with Crippen molar-refractivity contribution >= 4 is 76.5 Å².